The standard InChI is InChI=1S/C13H16N2O3S2/c1-2-18-10-5-3-9(4-6-10)15-11-7-20(16,17)8-12(11)19-13(15)14/h3-6,11-12,14H,2,7-8H2,1H3/t11-,12+/m0/s1. The van der Waals surface area contributed by atoms with Crippen LogP contribution in [-0.2, 0) is 9.84 Å². The van der Waals surface area contributed by atoms with E-state index in [-0.39, 0.29) is 22.8 Å². The van der Waals surface area contributed by atoms with Crippen LogP contribution in [0.3, 0.4) is 0 Å². The Kier molecular flexibility index (Phi) is 3.41. The van der Waals surface area contributed by atoms with Gasteiger partial charge in [-0.15, -0.1) is 0 Å². The fourth-order valence-corrected chi connectivity index (χ4v) is 6.47. The molecule has 0 bridgehead atoms. The lowest BCUT2D eigenvalue weighted by Gasteiger charge is -2.24. The molecule has 5 nitrogen and oxygen atoms in total. The van der Waals surface area contributed by atoms with Crippen molar-refractivity contribution in [3.8, 4) is 5.75 Å². The van der Waals surface area contributed by atoms with E-state index in [2.05, 4.69) is 0 Å². The van der Waals surface area contributed by atoms with E-state index in [4.69, 9.17) is 10.1 Å². The van der Waals surface area contributed by atoms with Crippen LogP contribution in [0.4, 0.5) is 5.69 Å². The van der Waals surface area contributed by atoms with E-state index in [9.17, 15) is 8.42 Å². The van der Waals surface area contributed by atoms with Crippen molar-refractivity contribution < 1.29 is 13.2 Å². The molecule has 2 saturated heterocycles. The Morgan fingerprint density at radius 2 is 2.05 bits per heavy atom. The van der Waals surface area contributed by atoms with E-state index in [0.717, 1.165) is 11.4 Å². The van der Waals surface area contributed by atoms with Crippen molar-refractivity contribution in [3.05, 3.63) is 24.3 Å². The zero-order valence-corrected chi connectivity index (χ0v) is 12.7. The second-order valence-corrected chi connectivity index (χ2v) is 8.28. The molecule has 0 saturated carbocycles. The number of hydrogen-bond acceptors (Lipinski definition) is 5. The molecule has 3 rings (SSSR count). The number of ether oxygens (including phenoxy) is 1. The maximum Gasteiger partial charge on any atom is 0.161 e. The number of hydrogen-bond donors (Lipinski definition) is 1. The molecular weight excluding hydrogens is 296 g/mol. The predicted molar refractivity (Wildman–Crippen MR) is 81.6 cm³/mol. The average molecular weight is 312 g/mol. The van der Waals surface area contributed by atoms with Gasteiger partial charge in [0.25, 0.3) is 0 Å². The molecule has 1 aromatic rings. The Morgan fingerprint density at radius 1 is 1.35 bits per heavy atom. The van der Waals surface area contributed by atoms with Gasteiger partial charge in [-0.2, -0.15) is 0 Å². The van der Waals surface area contributed by atoms with Gasteiger partial charge in [0.05, 0.1) is 24.2 Å². The van der Waals surface area contributed by atoms with E-state index in [0.29, 0.717) is 11.8 Å². The maximum atomic E-state index is 11.7. The first-order valence-corrected chi connectivity index (χ1v) is 9.18. The number of nitrogens with zero attached hydrogens (tertiary/aromatic N) is 1. The fourth-order valence-electron chi connectivity index (χ4n) is 2.68. The molecule has 7 heteroatoms. The number of thioether (sulfide) groups is 1. The molecule has 20 heavy (non-hydrogen) atoms. The quantitative estimate of drug-likeness (QED) is 0.920. The Balaban J connectivity index is 1.87. The highest BCUT2D eigenvalue weighted by atomic mass is 32.2. The topological polar surface area (TPSA) is 70.5 Å². The number of fused-ring (bicyclic) bond motifs is 1. The van der Waals surface area contributed by atoms with Crippen LogP contribution in [0, 0.1) is 5.41 Å². The van der Waals surface area contributed by atoms with Gasteiger partial charge in [-0.1, -0.05) is 11.8 Å². The van der Waals surface area contributed by atoms with E-state index < -0.39 is 9.84 Å². The second-order valence-electron chi connectivity index (χ2n) is 4.90. The van der Waals surface area contributed by atoms with Crippen molar-refractivity contribution in [2.45, 2.75) is 18.2 Å². The number of nitrogens with one attached hydrogen (secondary N) is 1. The highest BCUT2D eigenvalue weighted by Crippen LogP contribution is 2.40. The van der Waals surface area contributed by atoms with Gasteiger partial charge in [0.1, 0.15) is 5.75 Å². The number of rotatable bonds is 3. The first kappa shape index (κ1) is 13.8. The van der Waals surface area contributed by atoms with Crippen LogP contribution in [0.1, 0.15) is 6.92 Å². The average Bonchev–Trinajstić information content (AvgIpc) is 2.81. The Labute approximate surface area is 122 Å². The Bertz CT molecular complexity index is 628. The monoisotopic (exact) mass is 312 g/mol. The lowest BCUT2D eigenvalue weighted by molar-refractivity contribution is 0.340. The van der Waals surface area contributed by atoms with Crippen molar-refractivity contribution >= 4 is 32.5 Å². The smallest absolute Gasteiger partial charge is 0.161 e. The summed E-state index contributed by atoms with van der Waals surface area (Å²) in [7, 11) is -2.97. The normalized spacial score (nSPS) is 27.6. The van der Waals surface area contributed by atoms with Crippen molar-refractivity contribution in [2.75, 3.05) is 23.0 Å². The molecule has 2 aliphatic heterocycles. The van der Waals surface area contributed by atoms with Crippen molar-refractivity contribution in [3.63, 3.8) is 0 Å². The van der Waals surface area contributed by atoms with E-state index in [1.165, 1.54) is 11.8 Å². The van der Waals surface area contributed by atoms with Gasteiger partial charge in [-0.3, -0.25) is 5.41 Å². The van der Waals surface area contributed by atoms with Gasteiger partial charge in [0.15, 0.2) is 15.0 Å². The molecule has 0 spiro atoms. The van der Waals surface area contributed by atoms with Crippen LogP contribution in [-0.4, -0.2) is 43.0 Å². The predicted octanol–water partition coefficient (Wildman–Crippen LogP) is 1.74. The summed E-state index contributed by atoms with van der Waals surface area (Å²) in [6, 6.07) is 7.36. The van der Waals surface area contributed by atoms with Gasteiger partial charge in [-0.05, 0) is 31.2 Å². The minimum atomic E-state index is -2.97. The van der Waals surface area contributed by atoms with E-state index >= 15 is 0 Å². The summed E-state index contributed by atoms with van der Waals surface area (Å²) in [4.78, 5) is 1.83. The third-order valence-electron chi connectivity index (χ3n) is 3.51. The number of benzene rings is 1. The van der Waals surface area contributed by atoms with Crippen molar-refractivity contribution in [2.24, 2.45) is 0 Å². The molecule has 2 heterocycles. The third kappa shape index (κ3) is 2.40. The summed E-state index contributed by atoms with van der Waals surface area (Å²) in [6.45, 7) is 2.53. The summed E-state index contributed by atoms with van der Waals surface area (Å²) in [5.41, 5.74) is 0.857. The van der Waals surface area contributed by atoms with Gasteiger partial charge < -0.3 is 9.64 Å². The molecule has 1 N–H and O–H groups in total. The molecule has 108 valence electrons. The molecule has 0 aromatic heterocycles. The SMILES string of the molecule is CCOc1ccc(N2C(=N)S[C@@H]3CS(=O)(=O)C[C@@H]32)cc1. The summed E-state index contributed by atoms with van der Waals surface area (Å²) in [6.07, 6.45) is 0. The summed E-state index contributed by atoms with van der Waals surface area (Å²) >= 11 is 1.35. The van der Waals surface area contributed by atoms with Crippen LogP contribution < -0.4 is 9.64 Å². The lowest BCUT2D eigenvalue weighted by atomic mass is 10.2. The van der Waals surface area contributed by atoms with E-state index in [1.807, 2.05) is 36.1 Å². The lowest BCUT2D eigenvalue weighted by Crippen LogP contribution is -2.37. The Morgan fingerprint density at radius 3 is 2.70 bits per heavy atom. The molecule has 1 aromatic carbocycles. The highest BCUT2D eigenvalue weighted by Gasteiger charge is 2.48. The molecule has 0 aliphatic carbocycles. The molecule has 0 unspecified atom stereocenters. The van der Waals surface area contributed by atoms with Crippen molar-refractivity contribution in [1.82, 2.24) is 0 Å². The first-order valence-electron chi connectivity index (χ1n) is 6.48. The Hall–Kier alpha value is -1.21. The molecule has 2 fully saturated rings. The van der Waals surface area contributed by atoms with Crippen LogP contribution >= 0.6 is 11.8 Å². The molecule has 2 atom stereocenters. The van der Waals surface area contributed by atoms with Crippen molar-refractivity contribution in [1.29, 1.82) is 5.41 Å². The number of anilines is 1. The first-order chi connectivity index (χ1) is 9.50. The molecule has 0 amide bonds. The van der Waals surface area contributed by atoms with Crippen LogP contribution in [0.25, 0.3) is 0 Å². The summed E-state index contributed by atoms with van der Waals surface area (Å²) < 4.78 is 28.9. The van der Waals surface area contributed by atoms with Gasteiger partial charge in [0, 0.05) is 10.9 Å². The van der Waals surface area contributed by atoms with Gasteiger partial charge in [0.2, 0.25) is 0 Å². The molecule has 0 radical (unpaired) electrons. The number of amidine groups is 1. The molecule has 2 aliphatic rings. The minimum Gasteiger partial charge on any atom is -0.494 e. The fraction of sp³-hybridized carbons (Fsp3) is 0.462. The summed E-state index contributed by atoms with van der Waals surface area (Å²) in [5, 5.41) is 8.48. The zero-order chi connectivity index (χ0) is 14.3. The van der Waals surface area contributed by atoms with Gasteiger partial charge in [-0.25, -0.2) is 8.42 Å². The van der Waals surface area contributed by atoms with E-state index in [1.54, 1.807) is 0 Å². The van der Waals surface area contributed by atoms with Crippen LogP contribution in [0.15, 0.2) is 24.3 Å². The molecular formula is C13H16N2O3S2. The second kappa shape index (κ2) is 4.96. The summed E-state index contributed by atoms with van der Waals surface area (Å²) in [5.74, 6) is 1.10. The third-order valence-corrected chi connectivity index (χ3v) is 6.64. The zero-order valence-electron chi connectivity index (χ0n) is 11.1. The van der Waals surface area contributed by atoms with Crippen LogP contribution in [0.2, 0.25) is 0 Å². The largest absolute Gasteiger partial charge is 0.494 e. The minimum absolute atomic E-state index is 0.0148. The van der Waals surface area contributed by atoms with Gasteiger partial charge >= 0.3 is 0 Å². The van der Waals surface area contributed by atoms with Crippen LogP contribution in [0.5, 0.6) is 5.75 Å². The maximum absolute atomic E-state index is 11.7. The highest BCUT2D eigenvalue weighted by molar-refractivity contribution is 8.15. The number of sulfone groups is 1.